The molecule has 0 amide bonds. The number of alkyl halides is 2. The first-order valence-corrected chi connectivity index (χ1v) is 24.6. The molecule has 15 heteroatoms. The molecule has 1 aliphatic carbocycles. The number of esters is 3. The molecule has 4 aliphatic heterocycles. The van der Waals surface area contributed by atoms with Gasteiger partial charge in [-0.05, 0) is 141 Å². The lowest BCUT2D eigenvalue weighted by atomic mass is 9.85. The molecule has 0 N–H and O–H groups in total. The van der Waals surface area contributed by atoms with Crippen molar-refractivity contribution in [1.82, 2.24) is 14.8 Å². The van der Waals surface area contributed by atoms with Crippen molar-refractivity contribution in [2.75, 3.05) is 39.3 Å². The Balaban J connectivity index is 0.827. The Morgan fingerprint density at radius 2 is 1.54 bits per heavy atom. The number of fused-ring (bicyclic) bond motifs is 3. The average Bonchev–Trinajstić information content (AvgIpc) is 4.07. The fraction of sp³-hybridized carbons (Fsp3) is 0.407. The third kappa shape index (κ3) is 12.6. The van der Waals surface area contributed by atoms with E-state index in [1.807, 2.05) is 54.6 Å². The minimum atomic E-state index is -3.05. The number of ether oxygens (including phenoxy) is 5. The van der Waals surface area contributed by atoms with Crippen LogP contribution >= 0.6 is 23.2 Å². The first kappa shape index (κ1) is 48.4. The van der Waals surface area contributed by atoms with Crippen LogP contribution in [0.4, 0.5) is 8.78 Å². The van der Waals surface area contributed by atoms with Crippen molar-refractivity contribution < 1.29 is 46.8 Å². The third-order valence-corrected chi connectivity index (χ3v) is 14.4. The first-order chi connectivity index (χ1) is 33.5. The van der Waals surface area contributed by atoms with Crippen LogP contribution in [0, 0.1) is 11.8 Å². The van der Waals surface area contributed by atoms with Crippen LogP contribution in [0.25, 0.3) is 0 Å². The highest BCUT2D eigenvalue weighted by Crippen LogP contribution is 2.39. The molecule has 4 saturated heterocycles. The smallest absolute Gasteiger partial charge is 0.387 e. The molecular weight excluding hydrogens is 928 g/mol. The van der Waals surface area contributed by atoms with E-state index in [1.54, 1.807) is 36.4 Å². The quantitative estimate of drug-likeness (QED) is 0.0548. The third-order valence-electron chi connectivity index (χ3n) is 13.8. The van der Waals surface area contributed by atoms with E-state index in [0.29, 0.717) is 76.9 Å². The summed E-state index contributed by atoms with van der Waals surface area (Å²) in [6.45, 7) is 1.47. The van der Waals surface area contributed by atoms with Crippen LogP contribution in [0.3, 0.4) is 0 Å². The Morgan fingerprint density at radius 3 is 2.25 bits per heavy atom. The molecule has 0 spiro atoms. The summed E-state index contributed by atoms with van der Waals surface area (Å²) in [7, 11) is 0. The maximum atomic E-state index is 14.1. The van der Waals surface area contributed by atoms with Gasteiger partial charge in [0.1, 0.15) is 24.0 Å². The molecule has 2 bridgehead atoms. The monoisotopic (exact) mass is 981 g/mol. The topological polar surface area (TPSA) is 117 Å². The zero-order chi connectivity index (χ0) is 47.9. The number of hydrogen-bond donors (Lipinski definition) is 0. The lowest BCUT2D eigenvalue weighted by Crippen LogP contribution is -2.52. The number of benzene rings is 4. The van der Waals surface area contributed by atoms with Gasteiger partial charge in [0, 0.05) is 37.8 Å². The fourth-order valence-corrected chi connectivity index (χ4v) is 10.3. The second-order valence-electron chi connectivity index (χ2n) is 18.5. The summed E-state index contributed by atoms with van der Waals surface area (Å²) in [5, 5.41) is 0.594. The minimum Gasteiger partial charge on any atom is -0.489 e. The van der Waals surface area contributed by atoms with Gasteiger partial charge in [-0.3, -0.25) is 24.4 Å². The van der Waals surface area contributed by atoms with Gasteiger partial charge in [-0.15, -0.1) is 0 Å². The van der Waals surface area contributed by atoms with Crippen LogP contribution in [0.2, 0.25) is 10.0 Å². The fourth-order valence-electron chi connectivity index (χ4n) is 9.74. The molecule has 1 saturated carbocycles. The first-order valence-electron chi connectivity index (χ1n) is 23.8. The number of nitrogens with zero attached hydrogens (tertiary/aromatic N) is 3. The number of carbonyl (C=O) groups is 3. The number of pyridine rings is 1. The Hall–Kier alpha value is -5.60. The number of aromatic nitrogens is 1. The molecule has 5 aromatic rings. The summed E-state index contributed by atoms with van der Waals surface area (Å²) in [6, 6.07) is 28.4. The van der Waals surface area contributed by atoms with Gasteiger partial charge < -0.3 is 23.7 Å². The summed E-state index contributed by atoms with van der Waals surface area (Å²) in [5.41, 5.74) is 4.15. The van der Waals surface area contributed by atoms with E-state index in [4.69, 9.17) is 46.9 Å². The van der Waals surface area contributed by atoms with Crippen molar-refractivity contribution in [2.45, 2.75) is 88.6 Å². The molecular formula is C54H55Cl2F2N3O8. The Morgan fingerprint density at radius 1 is 0.783 bits per heavy atom. The molecule has 0 unspecified atom stereocenters. The van der Waals surface area contributed by atoms with Crippen LogP contribution < -0.4 is 14.2 Å². The largest absolute Gasteiger partial charge is 0.489 e. The Labute approximate surface area is 410 Å². The molecule has 69 heavy (non-hydrogen) atoms. The van der Waals surface area contributed by atoms with Gasteiger partial charge in [-0.25, -0.2) is 4.79 Å². The Kier molecular flexibility index (Phi) is 15.7. The molecule has 5 heterocycles. The highest BCUT2D eigenvalue weighted by molar-refractivity contribution is 6.35. The normalized spacial score (nSPS) is 20.8. The number of halogens is 4. The molecule has 0 radical (unpaired) electrons. The molecule has 4 aromatic carbocycles. The van der Waals surface area contributed by atoms with Crippen molar-refractivity contribution in [1.29, 1.82) is 0 Å². The van der Waals surface area contributed by atoms with Crippen LogP contribution in [0.1, 0.15) is 95.1 Å². The molecule has 1 aromatic heterocycles. The summed E-state index contributed by atoms with van der Waals surface area (Å²) < 4.78 is 55.7. The van der Waals surface area contributed by atoms with E-state index in [2.05, 4.69) is 14.8 Å². The van der Waals surface area contributed by atoms with Gasteiger partial charge in [0.15, 0.2) is 11.5 Å². The maximum Gasteiger partial charge on any atom is 0.387 e. The van der Waals surface area contributed by atoms with Crippen molar-refractivity contribution in [3.05, 3.63) is 153 Å². The summed E-state index contributed by atoms with van der Waals surface area (Å²) >= 11 is 13.1. The van der Waals surface area contributed by atoms with Gasteiger partial charge in [0.25, 0.3) is 0 Å². The van der Waals surface area contributed by atoms with Crippen molar-refractivity contribution in [3.8, 4) is 17.2 Å². The number of hydrogen-bond acceptors (Lipinski definition) is 11. The van der Waals surface area contributed by atoms with E-state index < -0.39 is 30.7 Å². The van der Waals surface area contributed by atoms with Crippen molar-refractivity contribution in [3.63, 3.8) is 0 Å². The van der Waals surface area contributed by atoms with E-state index in [9.17, 15) is 23.2 Å². The van der Waals surface area contributed by atoms with Crippen LogP contribution in [-0.4, -0.2) is 90.8 Å². The van der Waals surface area contributed by atoms with Crippen LogP contribution in [0.5, 0.6) is 17.2 Å². The number of carbonyl (C=O) groups excluding carboxylic acids is 3. The standard InChI is InChI=1S/C54H55Cl2F2N3O8/c55-44-30-59-31-45(56)43(44)28-48(39-15-18-47(69-54(57)58)49(27-39)65-33-35-11-12-35)68-53(64)46-10-5-22-61(46)25-19-34-13-16-41(17-14-34)66-52(63)40-9-4-8-38(26-40)42(36-6-2-1-3-7-36)29-51(62)67-50-32-60-23-20-37(50)21-24-60/h1-4,6-9,13-18,26-27,30-31,35,37,42,46,48,50,54H,5,10-12,19-25,28-29,32-33H2/t42-,46-,48-,50-/m0/s1. The SMILES string of the molecule is O=C(C[C@@H](c1ccccc1)c1cccc(C(=O)Oc2ccc(CCN3CCC[C@H]3C(=O)O[C@@H](Cc3c(Cl)cncc3Cl)c3ccc(OC(F)F)c(OCC4CC4)c3)cc2)c1)O[C@H]1CN2CCC1CC2. The van der Waals surface area contributed by atoms with Gasteiger partial charge in [-0.1, -0.05) is 83.9 Å². The van der Waals surface area contributed by atoms with E-state index in [0.717, 1.165) is 68.4 Å². The number of piperidine rings is 3. The van der Waals surface area contributed by atoms with E-state index >= 15 is 0 Å². The van der Waals surface area contributed by atoms with E-state index in [1.165, 1.54) is 18.5 Å². The lowest BCUT2D eigenvalue weighted by Gasteiger charge is -2.44. The highest BCUT2D eigenvalue weighted by Gasteiger charge is 2.38. The molecule has 11 nitrogen and oxygen atoms in total. The number of likely N-dealkylation sites (tertiary alicyclic amines) is 1. The highest BCUT2D eigenvalue weighted by atomic mass is 35.5. The molecule has 362 valence electrons. The second kappa shape index (κ2) is 22.4. The zero-order valence-electron chi connectivity index (χ0n) is 38.2. The minimum absolute atomic E-state index is 0.0846. The van der Waals surface area contributed by atoms with Gasteiger partial charge in [-0.2, -0.15) is 8.78 Å². The Bertz CT molecular complexity index is 2560. The molecule has 10 rings (SSSR count). The average molecular weight is 983 g/mol. The predicted octanol–water partition coefficient (Wildman–Crippen LogP) is 10.7. The lowest BCUT2D eigenvalue weighted by molar-refractivity contribution is -0.159. The predicted molar refractivity (Wildman–Crippen MR) is 256 cm³/mol. The van der Waals surface area contributed by atoms with Crippen LogP contribution in [0.15, 0.2) is 109 Å². The summed E-state index contributed by atoms with van der Waals surface area (Å²) in [4.78, 5) is 49.6. The van der Waals surface area contributed by atoms with Crippen molar-refractivity contribution >= 4 is 41.1 Å². The number of rotatable bonds is 20. The maximum absolute atomic E-state index is 14.1. The van der Waals surface area contributed by atoms with Gasteiger partial charge >= 0.3 is 24.5 Å². The zero-order valence-corrected chi connectivity index (χ0v) is 39.7. The molecule has 5 fully saturated rings. The molecule has 5 aliphatic rings. The summed E-state index contributed by atoms with van der Waals surface area (Å²) in [5.74, 6) is -0.345. The van der Waals surface area contributed by atoms with E-state index in [-0.39, 0.29) is 42.3 Å². The van der Waals surface area contributed by atoms with Crippen molar-refractivity contribution in [2.24, 2.45) is 11.8 Å². The summed E-state index contributed by atoms with van der Waals surface area (Å²) in [6.07, 6.45) is 8.29. The van der Waals surface area contributed by atoms with Crippen LogP contribution in [-0.2, 0) is 31.9 Å². The van der Waals surface area contributed by atoms with Gasteiger partial charge in [0.05, 0.1) is 28.6 Å². The van der Waals surface area contributed by atoms with Gasteiger partial charge in [0.2, 0.25) is 0 Å². The second-order valence-corrected chi connectivity index (χ2v) is 19.3. The molecule has 4 atom stereocenters.